The van der Waals surface area contributed by atoms with Crippen molar-refractivity contribution in [3.63, 3.8) is 0 Å². The summed E-state index contributed by atoms with van der Waals surface area (Å²) in [6.45, 7) is 6.99. The van der Waals surface area contributed by atoms with Crippen LogP contribution in [0.3, 0.4) is 0 Å². The SMILES string of the molecule is CCC(C#N)C1(O)CCN(CC)CC1. The monoisotopic (exact) mass is 196 g/mol. The van der Waals surface area contributed by atoms with Gasteiger partial charge in [-0.05, 0) is 25.8 Å². The Kier molecular flexibility index (Phi) is 3.91. The van der Waals surface area contributed by atoms with E-state index in [1.54, 1.807) is 0 Å². The molecule has 0 aromatic heterocycles. The maximum absolute atomic E-state index is 10.3. The molecule has 1 rings (SSSR count). The number of nitrogens with zero attached hydrogens (tertiary/aromatic N) is 2. The topological polar surface area (TPSA) is 47.3 Å². The van der Waals surface area contributed by atoms with Crippen LogP contribution < -0.4 is 0 Å². The number of hydrogen-bond donors (Lipinski definition) is 1. The second-order valence-corrected chi connectivity index (χ2v) is 4.13. The van der Waals surface area contributed by atoms with E-state index < -0.39 is 5.60 Å². The highest BCUT2D eigenvalue weighted by Crippen LogP contribution is 2.31. The van der Waals surface area contributed by atoms with Gasteiger partial charge in [0.15, 0.2) is 0 Å². The third-order valence-corrected chi connectivity index (χ3v) is 3.38. The third kappa shape index (κ3) is 2.26. The minimum Gasteiger partial charge on any atom is -0.388 e. The Hall–Kier alpha value is -0.590. The lowest BCUT2D eigenvalue weighted by molar-refractivity contribution is -0.0507. The van der Waals surface area contributed by atoms with Crippen molar-refractivity contribution in [2.45, 2.75) is 38.7 Å². The minimum absolute atomic E-state index is 0.193. The summed E-state index contributed by atoms with van der Waals surface area (Å²) in [6, 6.07) is 2.23. The van der Waals surface area contributed by atoms with Crippen LogP contribution in [0.5, 0.6) is 0 Å². The molecule has 1 N–H and O–H groups in total. The molecule has 0 aromatic rings. The first-order valence-corrected chi connectivity index (χ1v) is 5.50. The highest BCUT2D eigenvalue weighted by molar-refractivity contribution is 5.00. The van der Waals surface area contributed by atoms with Crippen molar-refractivity contribution in [2.24, 2.45) is 5.92 Å². The van der Waals surface area contributed by atoms with Gasteiger partial charge in [-0.15, -0.1) is 0 Å². The summed E-state index contributed by atoms with van der Waals surface area (Å²) in [5.74, 6) is -0.193. The van der Waals surface area contributed by atoms with Crippen molar-refractivity contribution in [1.29, 1.82) is 5.26 Å². The summed E-state index contributed by atoms with van der Waals surface area (Å²) >= 11 is 0. The summed E-state index contributed by atoms with van der Waals surface area (Å²) in [7, 11) is 0. The molecule has 0 bridgehead atoms. The lowest BCUT2D eigenvalue weighted by Crippen LogP contribution is -2.48. The number of rotatable bonds is 3. The maximum Gasteiger partial charge on any atom is 0.0829 e. The predicted molar refractivity (Wildman–Crippen MR) is 55.7 cm³/mol. The third-order valence-electron chi connectivity index (χ3n) is 3.38. The van der Waals surface area contributed by atoms with E-state index in [9.17, 15) is 5.11 Å². The standard InChI is InChI=1S/C11H20N2O/c1-3-10(9-12)11(14)5-7-13(4-2)8-6-11/h10,14H,3-8H2,1-2H3. The van der Waals surface area contributed by atoms with Crippen LogP contribution in [-0.2, 0) is 0 Å². The number of hydrogen-bond acceptors (Lipinski definition) is 3. The lowest BCUT2D eigenvalue weighted by atomic mass is 9.79. The molecular weight excluding hydrogens is 176 g/mol. The van der Waals surface area contributed by atoms with Gasteiger partial charge < -0.3 is 10.0 Å². The van der Waals surface area contributed by atoms with E-state index in [1.807, 2.05) is 6.92 Å². The number of piperidine rings is 1. The van der Waals surface area contributed by atoms with Crippen molar-refractivity contribution in [3.05, 3.63) is 0 Å². The Labute approximate surface area is 86.3 Å². The van der Waals surface area contributed by atoms with E-state index in [2.05, 4.69) is 17.9 Å². The average molecular weight is 196 g/mol. The summed E-state index contributed by atoms with van der Waals surface area (Å²) in [6.07, 6.45) is 2.24. The van der Waals surface area contributed by atoms with Gasteiger partial charge in [-0.3, -0.25) is 0 Å². The van der Waals surface area contributed by atoms with Crippen LogP contribution in [0.1, 0.15) is 33.1 Å². The van der Waals surface area contributed by atoms with Crippen LogP contribution >= 0.6 is 0 Å². The van der Waals surface area contributed by atoms with Crippen molar-refractivity contribution in [2.75, 3.05) is 19.6 Å². The van der Waals surface area contributed by atoms with E-state index in [0.29, 0.717) is 0 Å². The van der Waals surface area contributed by atoms with Gasteiger partial charge in [0.25, 0.3) is 0 Å². The van der Waals surface area contributed by atoms with E-state index >= 15 is 0 Å². The predicted octanol–water partition coefficient (Wildman–Crippen LogP) is 1.38. The molecule has 0 amide bonds. The summed E-state index contributed by atoms with van der Waals surface area (Å²) in [5.41, 5.74) is -0.727. The molecule has 0 aliphatic carbocycles. The van der Waals surface area contributed by atoms with Gasteiger partial charge >= 0.3 is 0 Å². The van der Waals surface area contributed by atoms with E-state index in [4.69, 9.17) is 5.26 Å². The normalized spacial score (nSPS) is 24.1. The molecule has 0 spiro atoms. The first-order chi connectivity index (χ1) is 6.66. The highest BCUT2D eigenvalue weighted by atomic mass is 16.3. The Bertz CT molecular complexity index is 214. The van der Waals surface area contributed by atoms with Gasteiger partial charge in [-0.1, -0.05) is 13.8 Å². The van der Waals surface area contributed by atoms with Gasteiger partial charge in [-0.2, -0.15) is 5.26 Å². The molecule has 3 nitrogen and oxygen atoms in total. The lowest BCUT2D eigenvalue weighted by Gasteiger charge is -2.40. The molecule has 80 valence electrons. The molecule has 0 radical (unpaired) electrons. The largest absolute Gasteiger partial charge is 0.388 e. The zero-order valence-electron chi connectivity index (χ0n) is 9.16. The summed E-state index contributed by atoms with van der Waals surface area (Å²) < 4.78 is 0. The fourth-order valence-electron chi connectivity index (χ4n) is 2.20. The average Bonchev–Trinajstić information content (AvgIpc) is 2.20. The van der Waals surface area contributed by atoms with Crippen molar-refractivity contribution in [3.8, 4) is 6.07 Å². The molecule has 1 atom stereocenters. The van der Waals surface area contributed by atoms with Crippen LogP contribution in [0.25, 0.3) is 0 Å². The highest BCUT2D eigenvalue weighted by Gasteiger charge is 2.38. The summed E-state index contributed by atoms with van der Waals surface area (Å²) in [5, 5.41) is 19.2. The van der Waals surface area contributed by atoms with Gasteiger partial charge in [0, 0.05) is 13.1 Å². The molecule has 0 saturated carbocycles. The van der Waals surface area contributed by atoms with E-state index in [-0.39, 0.29) is 5.92 Å². The van der Waals surface area contributed by atoms with Crippen molar-refractivity contribution in [1.82, 2.24) is 4.90 Å². The molecular formula is C11H20N2O. The zero-order valence-corrected chi connectivity index (χ0v) is 9.16. The zero-order chi connectivity index (χ0) is 10.6. The van der Waals surface area contributed by atoms with Crippen molar-refractivity contribution < 1.29 is 5.11 Å². The first kappa shape index (κ1) is 11.5. The van der Waals surface area contributed by atoms with Gasteiger partial charge in [0.05, 0.1) is 17.6 Å². The van der Waals surface area contributed by atoms with Crippen LogP contribution in [0, 0.1) is 17.2 Å². The molecule has 14 heavy (non-hydrogen) atoms. The quantitative estimate of drug-likeness (QED) is 0.742. The first-order valence-electron chi connectivity index (χ1n) is 5.50. The van der Waals surface area contributed by atoms with E-state index in [1.165, 1.54) is 0 Å². The molecule has 1 saturated heterocycles. The second-order valence-electron chi connectivity index (χ2n) is 4.13. The van der Waals surface area contributed by atoms with Crippen LogP contribution in [0.4, 0.5) is 0 Å². The molecule has 1 heterocycles. The molecule has 1 aliphatic heterocycles. The van der Waals surface area contributed by atoms with Crippen LogP contribution in [-0.4, -0.2) is 35.2 Å². The number of aliphatic hydroxyl groups is 1. The molecule has 1 aliphatic rings. The molecule has 3 heteroatoms. The Balaban J connectivity index is 2.57. The Morgan fingerprint density at radius 3 is 2.36 bits per heavy atom. The summed E-state index contributed by atoms with van der Waals surface area (Å²) in [4.78, 5) is 2.32. The fraction of sp³-hybridized carbons (Fsp3) is 0.909. The maximum atomic E-state index is 10.3. The van der Waals surface area contributed by atoms with Gasteiger partial charge in [0.2, 0.25) is 0 Å². The smallest absolute Gasteiger partial charge is 0.0829 e. The Morgan fingerprint density at radius 1 is 1.43 bits per heavy atom. The van der Waals surface area contributed by atoms with Gasteiger partial charge in [0.1, 0.15) is 0 Å². The van der Waals surface area contributed by atoms with Crippen molar-refractivity contribution >= 4 is 0 Å². The van der Waals surface area contributed by atoms with E-state index in [0.717, 1.165) is 38.9 Å². The molecule has 0 aromatic carbocycles. The van der Waals surface area contributed by atoms with Gasteiger partial charge in [-0.25, -0.2) is 0 Å². The number of likely N-dealkylation sites (tertiary alicyclic amines) is 1. The molecule has 1 unspecified atom stereocenters. The Morgan fingerprint density at radius 2 is 2.00 bits per heavy atom. The minimum atomic E-state index is -0.727. The fourth-order valence-corrected chi connectivity index (χ4v) is 2.20. The molecule has 1 fully saturated rings. The second kappa shape index (κ2) is 4.77. The van der Waals surface area contributed by atoms with Crippen LogP contribution in [0.15, 0.2) is 0 Å². The van der Waals surface area contributed by atoms with Crippen LogP contribution in [0.2, 0.25) is 0 Å². The number of nitriles is 1.